The van der Waals surface area contributed by atoms with Crippen LogP contribution in [0.4, 0.5) is 32.0 Å². The first-order valence-corrected chi connectivity index (χ1v) is 14.0. The molecule has 2 amide bonds. The van der Waals surface area contributed by atoms with Crippen LogP contribution in [0.5, 0.6) is 5.75 Å². The molecule has 238 valence electrons. The summed E-state index contributed by atoms with van der Waals surface area (Å²) in [6.07, 6.45) is -9.20. The summed E-state index contributed by atoms with van der Waals surface area (Å²) in [5, 5.41) is 11.0. The molecule has 0 saturated carbocycles. The number of halogens is 7. The number of carbonyl (C=O) groups is 2. The molecule has 1 aliphatic heterocycles. The first kappa shape index (κ1) is 33.3. The topological polar surface area (TPSA) is 73.3 Å². The average Bonchev–Trinajstić information content (AvgIpc) is 2.94. The minimum atomic E-state index is -5.54. The van der Waals surface area contributed by atoms with Gasteiger partial charge < -0.3 is 24.5 Å². The second-order valence-corrected chi connectivity index (χ2v) is 11.5. The number of hydrogen-bond acceptors (Lipinski definition) is 5. The van der Waals surface area contributed by atoms with Gasteiger partial charge >= 0.3 is 12.5 Å². The molecule has 1 fully saturated rings. The quantitative estimate of drug-likeness (QED) is 0.305. The number of anilines is 1. The van der Waals surface area contributed by atoms with Crippen molar-refractivity contribution in [1.29, 1.82) is 0 Å². The van der Waals surface area contributed by atoms with Crippen molar-refractivity contribution < 1.29 is 45.8 Å². The third-order valence-corrected chi connectivity index (χ3v) is 8.39. The summed E-state index contributed by atoms with van der Waals surface area (Å²) in [7, 11) is 4.35. The Morgan fingerprint density at radius 3 is 2.25 bits per heavy atom. The van der Waals surface area contributed by atoms with E-state index in [4.69, 9.17) is 11.6 Å². The summed E-state index contributed by atoms with van der Waals surface area (Å²) in [6, 6.07) is 7.86. The summed E-state index contributed by atoms with van der Waals surface area (Å²) >= 11 is 6.37. The first-order chi connectivity index (χ1) is 20.4. The van der Waals surface area contributed by atoms with Crippen molar-refractivity contribution in [2.45, 2.75) is 37.4 Å². The lowest BCUT2D eigenvalue weighted by molar-refractivity contribution is -0.274. The van der Waals surface area contributed by atoms with Gasteiger partial charge in [0, 0.05) is 63.4 Å². The van der Waals surface area contributed by atoms with Gasteiger partial charge in [0.2, 0.25) is 0 Å². The molecule has 44 heavy (non-hydrogen) atoms. The van der Waals surface area contributed by atoms with Gasteiger partial charge in [-0.25, -0.2) is 0 Å². The van der Waals surface area contributed by atoms with E-state index >= 15 is 0 Å². The van der Waals surface area contributed by atoms with Crippen molar-refractivity contribution >= 4 is 29.1 Å². The highest BCUT2D eigenvalue weighted by molar-refractivity contribution is 6.34. The molecular formula is C30H30ClF6N3O4. The molecule has 0 bridgehead atoms. The number of carbonyl (C=O) groups excluding carboxylic acids is 2. The zero-order valence-corrected chi connectivity index (χ0v) is 24.8. The Morgan fingerprint density at radius 2 is 1.73 bits per heavy atom. The van der Waals surface area contributed by atoms with Gasteiger partial charge in [0.25, 0.3) is 17.4 Å². The lowest BCUT2D eigenvalue weighted by Gasteiger charge is -2.46. The molecule has 14 heteroatoms. The molecule has 7 nitrogen and oxygen atoms in total. The van der Waals surface area contributed by atoms with Gasteiger partial charge in [-0.05, 0) is 49.6 Å². The molecule has 2 aromatic rings. The minimum absolute atomic E-state index is 0.183. The van der Waals surface area contributed by atoms with Gasteiger partial charge in [0.05, 0.1) is 10.6 Å². The number of amides is 2. The van der Waals surface area contributed by atoms with Gasteiger partial charge in [-0.15, -0.1) is 13.2 Å². The molecule has 0 aromatic heterocycles. The Labute approximate surface area is 255 Å². The second kappa shape index (κ2) is 12.0. The molecular weight excluding hydrogens is 616 g/mol. The maximum Gasteiger partial charge on any atom is 0.573 e. The van der Waals surface area contributed by atoms with E-state index in [1.54, 1.807) is 26.2 Å². The van der Waals surface area contributed by atoms with Crippen LogP contribution in [0.3, 0.4) is 0 Å². The number of hydrogen-bond donors (Lipinski definition) is 1. The Balaban J connectivity index is 1.40. The highest BCUT2D eigenvalue weighted by Gasteiger charge is 2.62. The van der Waals surface area contributed by atoms with Crippen LogP contribution in [0.2, 0.25) is 5.02 Å². The Bertz CT molecular complexity index is 1480. The molecule has 2 aliphatic rings. The molecule has 1 N–H and O–H groups in total. The summed E-state index contributed by atoms with van der Waals surface area (Å²) in [5.41, 5.74) is -4.37. The number of alkyl halides is 6. The molecule has 2 atom stereocenters. The maximum absolute atomic E-state index is 14.1. The highest BCUT2D eigenvalue weighted by atomic mass is 35.5. The molecule has 1 saturated heterocycles. The van der Waals surface area contributed by atoms with Crippen LogP contribution in [0.1, 0.15) is 35.2 Å². The number of rotatable bonds is 8. The zero-order chi connectivity index (χ0) is 32.7. The van der Waals surface area contributed by atoms with Gasteiger partial charge in [-0.2, -0.15) is 13.2 Å². The van der Waals surface area contributed by atoms with Gasteiger partial charge in [-0.3, -0.25) is 9.59 Å². The normalized spacial score (nSPS) is 18.9. The van der Waals surface area contributed by atoms with Gasteiger partial charge in [0.1, 0.15) is 5.75 Å². The summed E-state index contributed by atoms with van der Waals surface area (Å²) in [4.78, 5) is 29.6. The monoisotopic (exact) mass is 645 g/mol. The van der Waals surface area contributed by atoms with Crippen molar-refractivity contribution in [1.82, 2.24) is 9.80 Å². The van der Waals surface area contributed by atoms with Crippen molar-refractivity contribution in [2.24, 2.45) is 11.3 Å². The van der Waals surface area contributed by atoms with Crippen molar-refractivity contribution in [3.05, 3.63) is 58.6 Å². The van der Waals surface area contributed by atoms with Crippen LogP contribution in [-0.4, -0.2) is 80.0 Å². The van der Waals surface area contributed by atoms with Crippen LogP contribution >= 0.6 is 11.6 Å². The van der Waals surface area contributed by atoms with E-state index in [0.29, 0.717) is 53.5 Å². The molecule has 2 aromatic carbocycles. The van der Waals surface area contributed by atoms with E-state index in [1.165, 1.54) is 4.90 Å². The SMILES string of the molecule is CN(C)C(=O)c1ccc(N2CCC3(C#CC3CCN(C)C(=O)[C@](O)(c3cccc(OC(F)(F)F)c3)C(F)(F)F)CC2)cc1Cl. The fourth-order valence-corrected chi connectivity index (χ4v) is 5.76. The van der Waals surface area contributed by atoms with Crippen LogP contribution in [0.25, 0.3) is 0 Å². The zero-order valence-electron chi connectivity index (χ0n) is 24.0. The van der Waals surface area contributed by atoms with Crippen LogP contribution in [0, 0.1) is 23.2 Å². The number of piperidine rings is 1. The largest absolute Gasteiger partial charge is 0.573 e. The minimum Gasteiger partial charge on any atom is -0.406 e. The van der Waals surface area contributed by atoms with Crippen molar-refractivity contribution in [2.75, 3.05) is 45.7 Å². The summed E-state index contributed by atoms with van der Waals surface area (Å²) < 4.78 is 83.9. The number of ether oxygens (including phenoxy) is 1. The summed E-state index contributed by atoms with van der Waals surface area (Å²) in [6.45, 7) is 1.04. The standard InChI is InChI=1S/C30H30ClF6N3O4/c1-38(2)25(41)23-8-7-21(18-24(23)31)40-15-12-27(13-16-40)11-9-19(27)10-14-39(3)26(42)28(43,29(32,33)34)20-5-4-6-22(17-20)44-30(35,36)37/h4-8,17-19,43H,10,12-16H2,1-3H3/t19?,28-/m1/s1. The molecule has 4 rings (SSSR count). The number of nitrogens with zero attached hydrogens (tertiary/aromatic N) is 3. The fraction of sp³-hybridized carbons (Fsp3) is 0.467. The number of benzene rings is 2. The van der Waals surface area contributed by atoms with Crippen LogP contribution < -0.4 is 9.64 Å². The lowest BCUT2D eigenvalue weighted by atomic mass is 9.62. The smallest absolute Gasteiger partial charge is 0.406 e. The third kappa shape index (κ3) is 6.56. The van der Waals surface area contributed by atoms with E-state index < -0.39 is 40.8 Å². The predicted octanol–water partition coefficient (Wildman–Crippen LogP) is 5.46. The molecule has 1 heterocycles. The summed E-state index contributed by atoms with van der Waals surface area (Å²) in [5.74, 6) is 3.07. The third-order valence-electron chi connectivity index (χ3n) is 8.08. The Morgan fingerprint density at radius 1 is 1.07 bits per heavy atom. The van der Waals surface area contributed by atoms with E-state index in [0.717, 1.165) is 24.9 Å². The lowest BCUT2D eigenvalue weighted by Crippen LogP contribution is -2.55. The van der Waals surface area contributed by atoms with E-state index in [9.17, 15) is 41.0 Å². The Hall–Kier alpha value is -3.63. The Kier molecular flexibility index (Phi) is 9.11. The van der Waals surface area contributed by atoms with Crippen LogP contribution in [0.15, 0.2) is 42.5 Å². The number of aliphatic hydroxyl groups is 1. The van der Waals surface area contributed by atoms with Crippen molar-refractivity contribution in [3.8, 4) is 17.6 Å². The molecule has 1 spiro atoms. The number of likely N-dealkylation sites (N-methyl/N-ethyl adjacent to an activating group) is 1. The fourth-order valence-electron chi connectivity index (χ4n) is 5.51. The second-order valence-electron chi connectivity index (χ2n) is 11.1. The molecule has 1 aliphatic carbocycles. The van der Waals surface area contributed by atoms with Gasteiger partial charge in [-0.1, -0.05) is 35.6 Å². The van der Waals surface area contributed by atoms with Crippen LogP contribution in [-0.2, 0) is 10.4 Å². The molecule has 0 radical (unpaired) electrons. The van der Waals surface area contributed by atoms with Crippen molar-refractivity contribution in [3.63, 3.8) is 0 Å². The predicted molar refractivity (Wildman–Crippen MR) is 150 cm³/mol. The molecule has 1 unspecified atom stereocenters. The van der Waals surface area contributed by atoms with E-state index in [-0.39, 0.29) is 24.8 Å². The highest BCUT2D eigenvalue weighted by Crippen LogP contribution is 2.46. The first-order valence-electron chi connectivity index (χ1n) is 13.6. The van der Waals surface area contributed by atoms with E-state index in [2.05, 4.69) is 21.5 Å². The van der Waals surface area contributed by atoms with Gasteiger partial charge in [0.15, 0.2) is 0 Å². The maximum atomic E-state index is 14.1. The average molecular weight is 646 g/mol. The van der Waals surface area contributed by atoms with E-state index in [1.807, 2.05) is 6.07 Å².